The fraction of sp³-hybridized carbons (Fsp3) is 0.217. The number of para-hydroxylation sites is 1. The Morgan fingerprint density at radius 3 is 2.17 bits per heavy atom. The van der Waals surface area contributed by atoms with Crippen molar-refractivity contribution in [3.63, 3.8) is 0 Å². The third-order valence-electron chi connectivity index (χ3n) is 5.11. The van der Waals surface area contributed by atoms with Gasteiger partial charge in [0.1, 0.15) is 0 Å². The Balaban J connectivity index is 1.65. The number of anilines is 2. The van der Waals surface area contributed by atoms with Crippen LogP contribution in [-0.2, 0) is 12.8 Å². The summed E-state index contributed by atoms with van der Waals surface area (Å²) >= 11 is 0. The zero-order chi connectivity index (χ0) is 16.4. The minimum atomic E-state index is 1.21. The van der Waals surface area contributed by atoms with E-state index in [4.69, 9.17) is 0 Å². The van der Waals surface area contributed by atoms with Crippen molar-refractivity contribution in [1.82, 2.24) is 0 Å². The van der Waals surface area contributed by atoms with Crippen LogP contribution >= 0.6 is 0 Å². The van der Waals surface area contributed by atoms with E-state index >= 15 is 0 Å². The third-order valence-corrected chi connectivity index (χ3v) is 5.11. The van der Waals surface area contributed by atoms with Gasteiger partial charge in [-0.15, -0.1) is 0 Å². The van der Waals surface area contributed by atoms with E-state index in [0.29, 0.717) is 0 Å². The van der Waals surface area contributed by atoms with Gasteiger partial charge in [0.15, 0.2) is 0 Å². The molecular weight excluding hydrogens is 290 g/mol. The predicted octanol–water partition coefficient (Wildman–Crippen LogP) is 6.00. The summed E-state index contributed by atoms with van der Waals surface area (Å²) in [6.45, 7) is 0. The lowest BCUT2D eigenvalue weighted by Crippen LogP contribution is -2.09. The van der Waals surface area contributed by atoms with Gasteiger partial charge in [-0.1, -0.05) is 48.5 Å². The van der Waals surface area contributed by atoms with Gasteiger partial charge < -0.3 is 4.90 Å². The zero-order valence-corrected chi connectivity index (χ0v) is 14.2. The smallest absolute Gasteiger partial charge is 0.0408 e. The van der Waals surface area contributed by atoms with Crippen LogP contribution in [0.3, 0.4) is 0 Å². The molecule has 3 aromatic rings. The highest BCUT2D eigenvalue weighted by molar-refractivity contribution is 5.72. The molecule has 4 rings (SSSR count). The fourth-order valence-electron chi connectivity index (χ4n) is 3.72. The Kier molecular flexibility index (Phi) is 4.08. The Bertz CT molecular complexity index is 818. The molecule has 1 aliphatic rings. The van der Waals surface area contributed by atoms with Crippen LogP contribution in [0.15, 0.2) is 72.8 Å². The average Bonchev–Trinajstić information content (AvgIpc) is 2.68. The lowest BCUT2D eigenvalue weighted by atomic mass is 9.86. The van der Waals surface area contributed by atoms with Gasteiger partial charge in [-0.05, 0) is 72.2 Å². The number of fused-ring (bicyclic) bond motifs is 1. The molecule has 0 bridgehead atoms. The lowest BCUT2D eigenvalue weighted by Gasteiger charge is -2.21. The molecule has 0 heterocycles. The average molecular weight is 313 g/mol. The minimum absolute atomic E-state index is 1.21. The molecular formula is C23H23N. The van der Waals surface area contributed by atoms with Gasteiger partial charge in [0.25, 0.3) is 0 Å². The van der Waals surface area contributed by atoms with Crippen molar-refractivity contribution < 1.29 is 0 Å². The second-order valence-corrected chi connectivity index (χ2v) is 6.59. The normalized spacial score (nSPS) is 13.4. The number of benzene rings is 3. The van der Waals surface area contributed by atoms with Crippen molar-refractivity contribution >= 4 is 11.4 Å². The molecule has 0 fully saturated rings. The van der Waals surface area contributed by atoms with Crippen LogP contribution in [0.1, 0.15) is 24.0 Å². The van der Waals surface area contributed by atoms with E-state index in [0.717, 1.165) is 0 Å². The first-order valence-corrected chi connectivity index (χ1v) is 8.83. The number of hydrogen-bond acceptors (Lipinski definition) is 1. The Morgan fingerprint density at radius 1 is 0.667 bits per heavy atom. The highest BCUT2D eigenvalue weighted by atomic mass is 15.1. The Labute approximate surface area is 144 Å². The molecule has 0 unspecified atom stereocenters. The van der Waals surface area contributed by atoms with Gasteiger partial charge >= 0.3 is 0 Å². The van der Waals surface area contributed by atoms with E-state index in [1.165, 1.54) is 48.2 Å². The maximum atomic E-state index is 2.30. The van der Waals surface area contributed by atoms with Gasteiger partial charge in [0.2, 0.25) is 0 Å². The molecule has 1 nitrogen and oxygen atoms in total. The minimum Gasteiger partial charge on any atom is -0.345 e. The summed E-state index contributed by atoms with van der Waals surface area (Å²) in [4.78, 5) is 2.23. The largest absolute Gasteiger partial charge is 0.345 e. The summed E-state index contributed by atoms with van der Waals surface area (Å²) < 4.78 is 0. The number of nitrogens with zero attached hydrogens (tertiary/aromatic N) is 1. The molecule has 0 N–H and O–H groups in total. The highest BCUT2D eigenvalue weighted by Crippen LogP contribution is 2.33. The number of aryl methyl sites for hydroxylation is 1. The third kappa shape index (κ3) is 2.82. The fourth-order valence-corrected chi connectivity index (χ4v) is 3.72. The summed E-state index contributed by atoms with van der Waals surface area (Å²) in [5.74, 6) is 0. The SMILES string of the molecule is CN(c1ccccc1)c1ccc(-c2cccc3c2CCCC3)cc1. The van der Waals surface area contributed by atoms with E-state index in [1.807, 2.05) is 0 Å². The first-order valence-electron chi connectivity index (χ1n) is 8.83. The highest BCUT2D eigenvalue weighted by Gasteiger charge is 2.14. The maximum Gasteiger partial charge on any atom is 0.0408 e. The summed E-state index contributed by atoms with van der Waals surface area (Å²) in [5.41, 5.74) is 8.29. The van der Waals surface area contributed by atoms with Gasteiger partial charge in [-0.25, -0.2) is 0 Å². The zero-order valence-electron chi connectivity index (χ0n) is 14.2. The second-order valence-electron chi connectivity index (χ2n) is 6.59. The Morgan fingerprint density at radius 2 is 1.38 bits per heavy atom. The number of hydrogen-bond donors (Lipinski definition) is 0. The van der Waals surface area contributed by atoms with Gasteiger partial charge in [-0.2, -0.15) is 0 Å². The van der Waals surface area contributed by atoms with Crippen molar-refractivity contribution in [2.75, 3.05) is 11.9 Å². The molecule has 0 saturated heterocycles. The van der Waals surface area contributed by atoms with Gasteiger partial charge in [0, 0.05) is 18.4 Å². The van der Waals surface area contributed by atoms with Crippen molar-refractivity contribution in [2.45, 2.75) is 25.7 Å². The molecule has 0 aliphatic heterocycles. The van der Waals surface area contributed by atoms with E-state index in [2.05, 4.69) is 84.7 Å². The molecule has 0 aromatic heterocycles. The topological polar surface area (TPSA) is 3.24 Å². The van der Waals surface area contributed by atoms with Gasteiger partial charge in [-0.3, -0.25) is 0 Å². The second kappa shape index (κ2) is 6.52. The molecule has 0 spiro atoms. The molecule has 120 valence electrons. The van der Waals surface area contributed by atoms with E-state index < -0.39 is 0 Å². The molecule has 24 heavy (non-hydrogen) atoms. The maximum absolute atomic E-state index is 2.30. The first-order chi connectivity index (χ1) is 11.8. The summed E-state index contributed by atoms with van der Waals surface area (Å²) in [5, 5.41) is 0. The predicted molar refractivity (Wildman–Crippen MR) is 103 cm³/mol. The van der Waals surface area contributed by atoms with Crippen LogP contribution < -0.4 is 4.90 Å². The molecule has 0 saturated carbocycles. The van der Waals surface area contributed by atoms with Crippen LogP contribution in [0, 0.1) is 0 Å². The van der Waals surface area contributed by atoms with Crippen molar-refractivity contribution in [3.8, 4) is 11.1 Å². The van der Waals surface area contributed by atoms with E-state index in [1.54, 1.807) is 11.1 Å². The summed E-state index contributed by atoms with van der Waals surface area (Å²) in [6.07, 6.45) is 5.10. The molecule has 0 amide bonds. The van der Waals surface area contributed by atoms with Crippen LogP contribution in [0.4, 0.5) is 11.4 Å². The standard InChI is InChI=1S/C23H23N/c1-24(20-10-3-2-4-11-20)21-16-14-19(15-17-21)23-13-7-9-18-8-5-6-12-22(18)23/h2-4,7,9-11,13-17H,5-6,8,12H2,1H3. The molecule has 0 radical (unpaired) electrons. The summed E-state index contributed by atoms with van der Waals surface area (Å²) in [7, 11) is 2.12. The van der Waals surface area contributed by atoms with Crippen molar-refractivity contribution in [2.24, 2.45) is 0 Å². The first kappa shape index (κ1) is 15.0. The van der Waals surface area contributed by atoms with Gasteiger partial charge in [0.05, 0.1) is 0 Å². The summed E-state index contributed by atoms with van der Waals surface area (Å²) in [6, 6.07) is 26.3. The van der Waals surface area contributed by atoms with Crippen LogP contribution in [0.2, 0.25) is 0 Å². The molecule has 3 aromatic carbocycles. The molecule has 1 heteroatoms. The lowest BCUT2D eigenvalue weighted by molar-refractivity contribution is 0.687. The van der Waals surface area contributed by atoms with Crippen molar-refractivity contribution in [3.05, 3.63) is 83.9 Å². The molecule has 0 atom stereocenters. The van der Waals surface area contributed by atoms with Crippen LogP contribution in [0.5, 0.6) is 0 Å². The van der Waals surface area contributed by atoms with E-state index in [9.17, 15) is 0 Å². The van der Waals surface area contributed by atoms with Crippen LogP contribution in [0.25, 0.3) is 11.1 Å². The van der Waals surface area contributed by atoms with Crippen molar-refractivity contribution in [1.29, 1.82) is 0 Å². The van der Waals surface area contributed by atoms with E-state index in [-0.39, 0.29) is 0 Å². The number of rotatable bonds is 3. The molecule has 1 aliphatic carbocycles. The van der Waals surface area contributed by atoms with Crippen LogP contribution in [-0.4, -0.2) is 7.05 Å². The Hall–Kier alpha value is -2.54. The quantitative estimate of drug-likeness (QED) is 0.573. The monoisotopic (exact) mass is 313 g/mol.